The number of nitrogens with one attached hydrogen (secondary N) is 1. The number of rotatable bonds is 4. The smallest absolute Gasteiger partial charge is 0.395 e. The molecule has 2 N–H and O–H groups in total. The van der Waals surface area contributed by atoms with Crippen molar-refractivity contribution in [2.45, 2.75) is 32.1 Å². The Morgan fingerprint density at radius 1 is 1.29 bits per heavy atom. The third-order valence-electron chi connectivity index (χ3n) is 2.52. The van der Waals surface area contributed by atoms with Crippen LogP contribution in [0.1, 0.15) is 31.0 Å². The second kappa shape index (κ2) is 5.51. The van der Waals surface area contributed by atoms with Gasteiger partial charge < -0.3 is 10.4 Å². The molecule has 0 saturated heterocycles. The van der Waals surface area contributed by atoms with Crippen LogP contribution in [0.25, 0.3) is 0 Å². The number of alkyl halides is 3. The fourth-order valence-electron chi connectivity index (χ4n) is 1.56. The minimum Gasteiger partial charge on any atom is -0.395 e. The van der Waals surface area contributed by atoms with Crippen molar-refractivity contribution in [2.24, 2.45) is 0 Å². The predicted molar refractivity (Wildman–Crippen MR) is 59.5 cm³/mol. The van der Waals surface area contributed by atoms with Crippen molar-refractivity contribution in [1.82, 2.24) is 5.32 Å². The highest BCUT2D eigenvalue weighted by molar-refractivity contribution is 5.27. The first kappa shape index (κ1) is 14.0. The van der Waals surface area contributed by atoms with Gasteiger partial charge in [0, 0.05) is 12.1 Å². The van der Waals surface area contributed by atoms with Crippen molar-refractivity contribution in [3.63, 3.8) is 0 Å². The SMILES string of the molecule is CC(N[C@H](C)CO)c1cccc(C(F)(F)F)c1. The zero-order valence-corrected chi connectivity index (χ0v) is 9.75. The molecule has 96 valence electrons. The molecule has 1 unspecified atom stereocenters. The third-order valence-corrected chi connectivity index (χ3v) is 2.52. The maximum atomic E-state index is 12.5. The van der Waals surface area contributed by atoms with Crippen LogP contribution in [-0.4, -0.2) is 17.8 Å². The van der Waals surface area contributed by atoms with Crippen LogP contribution in [-0.2, 0) is 6.18 Å². The van der Waals surface area contributed by atoms with Gasteiger partial charge in [-0.3, -0.25) is 0 Å². The first-order valence-corrected chi connectivity index (χ1v) is 5.38. The van der Waals surface area contributed by atoms with Crippen LogP contribution < -0.4 is 5.32 Å². The monoisotopic (exact) mass is 247 g/mol. The average Bonchev–Trinajstić information content (AvgIpc) is 2.28. The number of aliphatic hydroxyl groups is 1. The van der Waals surface area contributed by atoms with Crippen molar-refractivity contribution in [1.29, 1.82) is 0 Å². The minimum absolute atomic E-state index is 0.0523. The summed E-state index contributed by atoms with van der Waals surface area (Å²) in [5.74, 6) is 0. The lowest BCUT2D eigenvalue weighted by Crippen LogP contribution is -2.31. The predicted octanol–water partition coefficient (Wildman–Crippen LogP) is 2.74. The summed E-state index contributed by atoms with van der Waals surface area (Å²) in [6.45, 7) is 3.48. The molecule has 1 rings (SSSR count). The van der Waals surface area contributed by atoms with Gasteiger partial charge in [0.25, 0.3) is 0 Å². The van der Waals surface area contributed by atoms with E-state index in [1.165, 1.54) is 6.07 Å². The second-order valence-electron chi connectivity index (χ2n) is 4.10. The molecule has 0 heterocycles. The minimum atomic E-state index is -4.32. The summed E-state index contributed by atoms with van der Waals surface area (Å²) in [5.41, 5.74) is -0.0968. The molecule has 0 spiro atoms. The standard InChI is InChI=1S/C12H16F3NO/c1-8(7-17)16-9(2)10-4-3-5-11(6-10)12(13,14)15/h3-6,8-9,16-17H,7H2,1-2H3/t8-,9?/m1/s1. The van der Waals surface area contributed by atoms with Crippen LogP contribution >= 0.6 is 0 Å². The summed E-state index contributed by atoms with van der Waals surface area (Å²) >= 11 is 0. The van der Waals surface area contributed by atoms with Gasteiger partial charge in [0.05, 0.1) is 12.2 Å². The van der Waals surface area contributed by atoms with Gasteiger partial charge in [0.15, 0.2) is 0 Å². The molecule has 0 aromatic heterocycles. The summed E-state index contributed by atoms with van der Waals surface area (Å²) < 4.78 is 37.5. The van der Waals surface area contributed by atoms with Gasteiger partial charge in [0.2, 0.25) is 0 Å². The summed E-state index contributed by atoms with van der Waals surface area (Å²) in [4.78, 5) is 0. The molecular formula is C12H16F3NO. The number of hydrogen-bond donors (Lipinski definition) is 2. The molecule has 0 saturated carbocycles. The fraction of sp³-hybridized carbons (Fsp3) is 0.500. The van der Waals surface area contributed by atoms with Gasteiger partial charge in [-0.1, -0.05) is 12.1 Å². The van der Waals surface area contributed by atoms with Crippen molar-refractivity contribution < 1.29 is 18.3 Å². The number of halogens is 3. The first-order chi connectivity index (χ1) is 7.84. The fourth-order valence-corrected chi connectivity index (χ4v) is 1.56. The number of aliphatic hydroxyl groups excluding tert-OH is 1. The summed E-state index contributed by atoms with van der Waals surface area (Å²) in [6.07, 6.45) is -4.32. The Balaban J connectivity index is 2.84. The Kier molecular flexibility index (Phi) is 4.54. The molecule has 0 aliphatic heterocycles. The average molecular weight is 247 g/mol. The van der Waals surface area contributed by atoms with Crippen molar-refractivity contribution >= 4 is 0 Å². The Bertz CT molecular complexity index is 365. The van der Waals surface area contributed by atoms with E-state index >= 15 is 0 Å². The summed E-state index contributed by atoms with van der Waals surface area (Å²) in [6, 6.07) is 4.81. The van der Waals surface area contributed by atoms with Crippen LogP contribution in [0.5, 0.6) is 0 Å². The van der Waals surface area contributed by atoms with E-state index in [-0.39, 0.29) is 18.7 Å². The lowest BCUT2D eigenvalue weighted by atomic mass is 10.0. The van der Waals surface area contributed by atoms with E-state index in [9.17, 15) is 13.2 Å². The molecule has 0 radical (unpaired) electrons. The molecule has 0 aliphatic carbocycles. The maximum Gasteiger partial charge on any atom is 0.416 e. The molecule has 17 heavy (non-hydrogen) atoms. The van der Waals surface area contributed by atoms with E-state index in [1.54, 1.807) is 19.9 Å². The van der Waals surface area contributed by atoms with Gasteiger partial charge in [-0.05, 0) is 31.5 Å². The van der Waals surface area contributed by atoms with Gasteiger partial charge in [-0.25, -0.2) is 0 Å². The second-order valence-corrected chi connectivity index (χ2v) is 4.10. The molecule has 5 heteroatoms. The summed E-state index contributed by atoms with van der Waals surface area (Å²) in [5, 5.41) is 11.9. The third kappa shape index (κ3) is 4.02. The van der Waals surface area contributed by atoms with Crippen LogP contribution in [0.2, 0.25) is 0 Å². The Labute approximate surface area is 98.5 Å². The topological polar surface area (TPSA) is 32.3 Å². The van der Waals surface area contributed by atoms with E-state index in [1.807, 2.05) is 0 Å². The van der Waals surface area contributed by atoms with Gasteiger partial charge in [0.1, 0.15) is 0 Å². The highest BCUT2D eigenvalue weighted by atomic mass is 19.4. The molecule has 0 aliphatic rings. The quantitative estimate of drug-likeness (QED) is 0.857. The molecule has 0 fully saturated rings. The van der Waals surface area contributed by atoms with Crippen molar-refractivity contribution in [3.8, 4) is 0 Å². The van der Waals surface area contributed by atoms with Gasteiger partial charge in [-0.2, -0.15) is 13.2 Å². The van der Waals surface area contributed by atoms with E-state index in [0.717, 1.165) is 12.1 Å². The molecule has 2 nitrogen and oxygen atoms in total. The van der Waals surface area contributed by atoms with Gasteiger partial charge in [-0.15, -0.1) is 0 Å². The van der Waals surface area contributed by atoms with E-state index < -0.39 is 11.7 Å². The Hall–Kier alpha value is -1.07. The molecule has 0 bridgehead atoms. The normalized spacial score (nSPS) is 15.6. The zero-order valence-electron chi connectivity index (χ0n) is 9.75. The van der Waals surface area contributed by atoms with E-state index in [4.69, 9.17) is 5.11 Å². The molecule has 2 atom stereocenters. The van der Waals surface area contributed by atoms with Crippen LogP contribution in [0, 0.1) is 0 Å². The molecular weight excluding hydrogens is 231 g/mol. The molecule has 0 amide bonds. The van der Waals surface area contributed by atoms with Crippen LogP contribution in [0.3, 0.4) is 0 Å². The highest BCUT2D eigenvalue weighted by Crippen LogP contribution is 2.30. The maximum absolute atomic E-state index is 12.5. The van der Waals surface area contributed by atoms with Crippen molar-refractivity contribution in [3.05, 3.63) is 35.4 Å². The van der Waals surface area contributed by atoms with Gasteiger partial charge >= 0.3 is 6.18 Å². The van der Waals surface area contributed by atoms with E-state index in [2.05, 4.69) is 5.32 Å². The Morgan fingerprint density at radius 3 is 2.47 bits per heavy atom. The lowest BCUT2D eigenvalue weighted by molar-refractivity contribution is -0.137. The number of hydrogen-bond acceptors (Lipinski definition) is 2. The van der Waals surface area contributed by atoms with Crippen molar-refractivity contribution in [2.75, 3.05) is 6.61 Å². The Morgan fingerprint density at radius 2 is 1.94 bits per heavy atom. The molecule has 1 aromatic carbocycles. The molecule has 1 aromatic rings. The van der Waals surface area contributed by atoms with Crippen LogP contribution in [0.4, 0.5) is 13.2 Å². The van der Waals surface area contributed by atoms with Crippen LogP contribution in [0.15, 0.2) is 24.3 Å². The largest absolute Gasteiger partial charge is 0.416 e. The van der Waals surface area contributed by atoms with E-state index in [0.29, 0.717) is 5.56 Å². The highest BCUT2D eigenvalue weighted by Gasteiger charge is 2.30. The summed E-state index contributed by atoms with van der Waals surface area (Å²) in [7, 11) is 0. The number of benzene rings is 1. The zero-order chi connectivity index (χ0) is 13.1. The lowest BCUT2D eigenvalue weighted by Gasteiger charge is -2.19. The first-order valence-electron chi connectivity index (χ1n) is 5.38.